The molecule has 0 bridgehead atoms. The predicted octanol–water partition coefficient (Wildman–Crippen LogP) is -1.17. The van der Waals surface area contributed by atoms with Gasteiger partial charge in [-0.05, 0) is 0 Å². The number of imidazole rings is 1. The van der Waals surface area contributed by atoms with Gasteiger partial charge in [-0.15, -0.1) is 0 Å². The summed E-state index contributed by atoms with van der Waals surface area (Å²) in [5.74, 6) is -0.231. The number of carbonyl (C=O) groups excluding carboxylic acids is 1. The fourth-order valence-electron chi connectivity index (χ4n) is 1.32. The lowest BCUT2D eigenvalue weighted by Crippen LogP contribution is -2.41. The van der Waals surface area contributed by atoms with Crippen LogP contribution in [0.25, 0.3) is 0 Å². The standard InChI is InChI=1S/C8H12N2O2/c1-5-7(8(11)12)10(4)6(2)9(5)3/h1-4H3. The molecule has 4 heteroatoms. The normalized spacial score (nSPS) is 10.3. The van der Waals surface area contributed by atoms with E-state index in [-0.39, 0.29) is 5.69 Å². The van der Waals surface area contributed by atoms with Crippen molar-refractivity contribution in [2.75, 3.05) is 0 Å². The summed E-state index contributed by atoms with van der Waals surface area (Å²) >= 11 is 0. The Kier molecular flexibility index (Phi) is 1.92. The molecule has 0 unspecified atom stereocenters. The summed E-state index contributed by atoms with van der Waals surface area (Å²) in [6.45, 7) is 3.62. The maximum atomic E-state index is 10.7. The third-order valence-electron chi connectivity index (χ3n) is 2.35. The molecule has 1 aromatic rings. The summed E-state index contributed by atoms with van der Waals surface area (Å²) in [7, 11) is 3.55. The molecule has 12 heavy (non-hydrogen) atoms. The molecule has 0 saturated carbocycles. The van der Waals surface area contributed by atoms with Gasteiger partial charge >= 0.3 is 0 Å². The Morgan fingerprint density at radius 2 is 2.00 bits per heavy atom. The van der Waals surface area contributed by atoms with Gasteiger partial charge in [0.15, 0.2) is 5.69 Å². The van der Waals surface area contributed by atoms with Gasteiger partial charge in [0.1, 0.15) is 11.7 Å². The third-order valence-corrected chi connectivity index (χ3v) is 2.35. The molecule has 0 aliphatic rings. The van der Waals surface area contributed by atoms with Gasteiger partial charge < -0.3 is 9.90 Å². The van der Waals surface area contributed by atoms with Crippen LogP contribution in [0.4, 0.5) is 0 Å². The lowest BCUT2D eigenvalue weighted by atomic mass is 10.3. The van der Waals surface area contributed by atoms with Gasteiger partial charge in [0, 0.05) is 13.8 Å². The second kappa shape index (κ2) is 2.62. The lowest BCUT2D eigenvalue weighted by Gasteiger charge is -1.97. The molecular weight excluding hydrogens is 156 g/mol. The molecule has 0 fully saturated rings. The number of carboxylic acid groups (broad SMARTS) is 1. The molecule has 1 rings (SSSR count). The van der Waals surface area contributed by atoms with Crippen LogP contribution in [0.15, 0.2) is 0 Å². The van der Waals surface area contributed by atoms with E-state index in [1.165, 1.54) is 0 Å². The maximum Gasteiger partial charge on any atom is 0.253 e. The van der Waals surface area contributed by atoms with Crippen molar-refractivity contribution >= 4 is 5.97 Å². The number of hydrogen-bond donors (Lipinski definition) is 0. The van der Waals surface area contributed by atoms with Crippen LogP contribution in [-0.2, 0) is 14.1 Å². The van der Waals surface area contributed by atoms with Crippen molar-refractivity contribution in [1.29, 1.82) is 0 Å². The Bertz CT molecular complexity index is 314. The van der Waals surface area contributed by atoms with Crippen molar-refractivity contribution < 1.29 is 14.5 Å². The first-order chi connectivity index (χ1) is 5.46. The van der Waals surface area contributed by atoms with Crippen LogP contribution >= 0.6 is 0 Å². The molecule has 66 valence electrons. The van der Waals surface area contributed by atoms with Crippen LogP contribution in [0, 0.1) is 13.8 Å². The highest BCUT2D eigenvalue weighted by atomic mass is 16.4. The largest absolute Gasteiger partial charge is 0.541 e. The Morgan fingerprint density at radius 3 is 2.17 bits per heavy atom. The quantitative estimate of drug-likeness (QED) is 0.496. The average molecular weight is 168 g/mol. The van der Waals surface area contributed by atoms with Crippen molar-refractivity contribution in [3.8, 4) is 0 Å². The first-order valence-corrected chi connectivity index (χ1v) is 3.70. The van der Waals surface area contributed by atoms with E-state index in [0.29, 0.717) is 0 Å². The number of nitrogens with zero attached hydrogens (tertiary/aromatic N) is 2. The predicted molar refractivity (Wildman–Crippen MR) is 40.4 cm³/mol. The second-order valence-electron chi connectivity index (χ2n) is 2.89. The molecule has 0 spiro atoms. The summed E-state index contributed by atoms with van der Waals surface area (Å²) in [6.07, 6.45) is 0. The summed E-state index contributed by atoms with van der Waals surface area (Å²) in [5, 5.41) is 10.7. The number of carbonyl (C=O) groups is 1. The molecule has 0 aliphatic heterocycles. The molecule has 0 amide bonds. The molecule has 0 aromatic carbocycles. The van der Waals surface area contributed by atoms with Crippen molar-refractivity contribution in [2.45, 2.75) is 13.8 Å². The van der Waals surface area contributed by atoms with Crippen molar-refractivity contribution in [1.82, 2.24) is 4.57 Å². The first-order valence-electron chi connectivity index (χ1n) is 3.70. The summed E-state index contributed by atoms with van der Waals surface area (Å²) in [4.78, 5) is 10.7. The monoisotopic (exact) mass is 168 g/mol. The molecule has 4 nitrogen and oxygen atoms in total. The lowest BCUT2D eigenvalue weighted by molar-refractivity contribution is -0.681. The van der Waals surface area contributed by atoms with E-state index in [4.69, 9.17) is 0 Å². The van der Waals surface area contributed by atoms with Gasteiger partial charge in [-0.1, -0.05) is 0 Å². The van der Waals surface area contributed by atoms with Gasteiger partial charge in [0.25, 0.3) is 5.82 Å². The van der Waals surface area contributed by atoms with Gasteiger partial charge in [-0.25, -0.2) is 9.13 Å². The van der Waals surface area contributed by atoms with Crippen LogP contribution in [0.1, 0.15) is 22.0 Å². The maximum absolute atomic E-state index is 10.7. The number of hydrogen-bond acceptors (Lipinski definition) is 2. The van der Waals surface area contributed by atoms with E-state index in [1.807, 2.05) is 18.5 Å². The molecule has 1 aromatic heterocycles. The third kappa shape index (κ3) is 0.995. The Morgan fingerprint density at radius 1 is 1.50 bits per heavy atom. The molecule has 0 aliphatic carbocycles. The minimum atomic E-state index is -1.13. The van der Waals surface area contributed by atoms with Gasteiger partial charge in [-0.3, -0.25) is 0 Å². The van der Waals surface area contributed by atoms with Gasteiger partial charge in [0.05, 0.1) is 14.1 Å². The van der Waals surface area contributed by atoms with Gasteiger partial charge in [-0.2, -0.15) is 0 Å². The Labute approximate surface area is 71.1 Å². The van der Waals surface area contributed by atoms with E-state index in [2.05, 4.69) is 0 Å². The first kappa shape index (κ1) is 8.77. The Balaban J connectivity index is 3.48. The van der Waals surface area contributed by atoms with Crippen molar-refractivity contribution in [3.05, 3.63) is 17.2 Å². The number of carboxylic acids is 1. The molecule has 0 atom stereocenters. The average Bonchev–Trinajstić information content (AvgIpc) is 2.16. The molecule has 1 heterocycles. The van der Waals surface area contributed by atoms with E-state index >= 15 is 0 Å². The van der Waals surface area contributed by atoms with Crippen molar-refractivity contribution in [2.24, 2.45) is 14.1 Å². The summed E-state index contributed by atoms with van der Waals surface area (Å²) < 4.78 is 3.44. The minimum absolute atomic E-state index is 0.245. The van der Waals surface area contributed by atoms with Crippen LogP contribution in [0.3, 0.4) is 0 Å². The molecule has 0 radical (unpaired) electrons. The van der Waals surface area contributed by atoms with Crippen LogP contribution in [-0.4, -0.2) is 10.5 Å². The van der Waals surface area contributed by atoms with Crippen LogP contribution < -0.4 is 9.67 Å². The fourth-order valence-corrected chi connectivity index (χ4v) is 1.32. The number of rotatable bonds is 1. The Hall–Kier alpha value is -1.32. The van der Waals surface area contributed by atoms with E-state index in [9.17, 15) is 9.90 Å². The van der Waals surface area contributed by atoms with E-state index in [1.54, 1.807) is 18.5 Å². The molecule has 0 saturated heterocycles. The zero-order chi connectivity index (χ0) is 9.46. The topological polar surface area (TPSA) is 48.9 Å². The number of aromatic nitrogens is 2. The van der Waals surface area contributed by atoms with Crippen LogP contribution in [0.5, 0.6) is 0 Å². The molecular formula is C8H12N2O2. The van der Waals surface area contributed by atoms with Gasteiger partial charge in [0.2, 0.25) is 0 Å². The fraction of sp³-hybridized carbons (Fsp3) is 0.500. The summed E-state index contributed by atoms with van der Waals surface area (Å²) in [5.41, 5.74) is 0.963. The highest BCUT2D eigenvalue weighted by molar-refractivity contribution is 5.83. The SMILES string of the molecule is Cc1c(C(=O)[O-])[n+](C)c(C)n1C. The second-order valence-corrected chi connectivity index (χ2v) is 2.89. The molecule has 0 N–H and O–H groups in total. The number of aromatic carboxylic acids is 1. The van der Waals surface area contributed by atoms with E-state index < -0.39 is 5.97 Å². The summed E-state index contributed by atoms with van der Waals surface area (Å²) in [6, 6.07) is 0. The highest BCUT2D eigenvalue weighted by Gasteiger charge is 2.20. The zero-order valence-electron chi connectivity index (χ0n) is 7.71. The zero-order valence-corrected chi connectivity index (χ0v) is 7.71. The smallest absolute Gasteiger partial charge is 0.253 e. The van der Waals surface area contributed by atoms with E-state index in [0.717, 1.165) is 11.5 Å². The van der Waals surface area contributed by atoms with Crippen LogP contribution in [0.2, 0.25) is 0 Å². The highest BCUT2D eigenvalue weighted by Crippen LogP contribution is 2.04. The minimum Gasteiger partial charge on any atom is -0.541 e. The van der Waals surface area contributed by atoms with Crippen molar-refractivity contribution in [3.63, 3.8) is 0 Å².